The van der Waals surface area contributed by atoms with Gasteiger partial charge >= 0.3 is 0 Å². The zero-order valence-corrected chi connectivity index (χ0v) is 11.9. The van der Waals surface area contributed by atoms with Gasteiger partial charge in [0, 0.05) is 32.7 Å². The van der Waals surface area contributed by atoms with E-state index in [1.54, 1.807) is 0 Å². The monoisotopic (exact) mass is 229 g/mol. The second-order valence-electron chi connectivity index (χ2n) is 5.21. The zero-order chi connectivity index (χ0) is 12.4. The molecule has 0 saturated heterocycles. The molecule has 98 valence electrons. The lowest BCUT2D eigenvalue weighted by Crippen LogP contribution is -2.36. The molecule has 1 N–H and O–H groups in total. The van der Waals surface area contributed by atoms with Crippen LogP contribution in [0.15, 0.2) is 0 Å². The van der Waals surface area contributed by atoms with Gasteiger partial charge in [-0.1, -0.05) is 20.8 Å². The van der Waals surface area contributed by atoms with Gasteiger partial charge in [-0.25, -0.2) is 0 Å². The maximum absolute atomic E-state index is 3.43. The lowest BCUT2D eigenvalue weighted by Gasteiger charge is -2.23. The van der Waals surface area contributed by atoms with Crippen molar-refractivity contribution < 1.29 is 0 Å². The van der Waals surface area contributed by atoms with E-state index in [2.05, 4.69) is 50.0 Å². The van der Waals surface area contributed by atoms with E-state index in [4.69, 9.17) is 0 Å². The van der Waals surface area contributed by atoms with Gasteiger partial charge in [0.2, 0.25) is 0 Å². The molecular formula is C13H31N3. The van der Waals surface area contributed by atoms with Crippen molar-refractivity contribution in [1.29, 1.82) is 0 Å². The Hall–Kier alpha value is -0.120. The number of likely N-dealkylation sites (N-methyl/N-ethyl adjacent to an activating group) is 2. The highest BCUT2D eigenvalue weighted by Gasteiger charge is 2.03. The molecule has 0 unspecified atom stereocenters. The van der Waals surface area contributed by atoms with E-state index in [1.165, 1.54) is 19.5 Å². The Kier molecular flexibility index (Phi) is 9.99. The normalized spacial score (nSPS) is 12.0. The fraction of sp³-hybridized carbons (Fsp3) is 1.00. The fourth-order valence-corrected chi connectivity index (χ4v) is 1.74. The average Bonchev–Trinajstić information content (AvgIpc) is 2.20. The molecule has 0 rings (SSSR count). The van der Waals surface area contributed by atoms with Crippen LogP contribution in [-0.4, -0.2) is 63.2 Å². The first-order chi connectivity index (χ1) is 7.56. The summed E-state index contributed by atoms with van der Waals surface area (Å²) in [5.41, 5.74) is 0. The third-order valence-corrected chi connectivity index (χ3v) is 2.64. The SMILES string of the molecule is CCCNCCN(C)CCN(C)CC(C)C. The van der Waals surface area contributed by atoms with Gasteiger partial charge in [0.1, 0.15) is 0 Å². The third kappa shape index (κ3) is 10.4. The van der Waals surface area contributed by atoms with Crippen molar-refractivity contribution in [1.82, 2.24) is 15.1 Å². The Morgan fingerprint density at radius 1 is 0.938 bits per heavy atom. The lowest BCUT2D eigenvalue weighted by atomic mass is 10.2. The molecule has 0 aromatic rings. The maximum atomic E-state index is 3.43. The highest BCUT2D eigenvalue weighted by molar-refractivity contribution is 4.60. The molecule has 0 fully saturated rings. The summed E-state index contributed by atoms with van der Waals surface area (Å²) in [6.07, 6.45) is 1.22. The van der Waals surface area contributed by atoms with Gasteiger partial charge < -0.3 is 15.1 Å². The largest absolute Gasteiger partial charge is 0.315 e. The molecule has 0 atom stereocenters. The van der Waals surface area contributed by atoms with Crippen LogP contribution in [-0.2, 0) is 0 Å². The molecule has 0 aliphatic rings. The molecule has 0 aliphatic heterocycles. The molecule has 0 aromatic carbocycles. The summed E-state index contributed by atoms with van der Waals surface area (Å²) in [5, 5.41) is 3.43. The van der Waals surface area contributed by atoms with Gasteiger partial charge in [0.15, 0.2) is 0 Å². The molecular weight excluding hydrogens is 198 g/mol. The quantitative estimate of drug-likeness (QED) is 0.573. The molecule has 0 heterocycles. The number of nitrogens with zero attached hydrogens (tertiary/aromatic N) is 2. The number of hydrogen-bond acceptors (Lipinski definition) is 3. The van der Waals surface area contributed by atoms with Crippen LogP contribution in [0.25, 0.3) is 0 Å². The van der Waals surface area contributed by atoms with Crippen molar-refractivity contribution in [2.45, 2.75) is 27.2 Å². The van der Waals surface area contributed by atoms with Gasteiger partial charge in [-0.3, -0.25) is 0 Å². The van der Waals surface area contributed by atoms with Gasteiger partial charge in [-0.15, -0.1) is 0 Å². The van der Waals surface area contributed by atoms with Gasteiger partial charge in [-0.2, -0.15) is 0 Å². The van der Waals surface area contributed by atoms with Crippen molar-refractivity contribution in [3.8, 4) is 0 Å². The number of nitrogens with one attached hydrogen (secondary N) is 1. The first-order valence-electron chi connectivity index (χ1n) is 6.64. The van der Waals surface area contributed by atoms with E-state index < -0.39 is 0 Å². The highest BCUT2D eigenvalue weighted by atomic mass is 15.2. The minimum absolute atomic E-state index is 0.765. The summed E-state index contributed by atoms with van der Waals surface area (Å²) in [4.78, 5) is 4.82. The van der Waals surface area contributed by atoms with Crippen LogP contribution in [0, 0.1) is 5.92 Å². The smallest absolute Gasteiger partial charge is 0.0107 e. The Morgan fingerprint density at radius 3 is 2.12 bits per heavy atom. The van der Waals surface area contributed by atoms with E-state index in [-0.39, 0.29) is 0 Å². The van der Waals surface area contributed by atoms with Gasteiger partial charge in [0.25, 0.3) is 0 Å². The van der Waals surface area contributed by atoms with Gasteiger partial charge in [0.05, 0.1) is 0 Å². The van der Waals surface area contributed by atoms with Gasteiger partial charge in [-0.05, 0) is 33.0 Å². The second kappa shape index (κ2) is 10.1. The average molecular weight is 229 g/mol. The van der Waals surface area contributed by atoms with Crippen LogP contribution in [0.4, 0.5) is 0 Å². The molecule has 0 aromatic heterocycles. The van der Waals surface area contributed by atoms with Crippen LogP contribution in [0.5, 0.6) is 0 Å². The molecule has 0 radical (unpaired) electrons. The van der Waals surface area contributed by atoms with E-state index in [0.717, 1.165) is 32.1 Å². The molecule has 3 nitrogen and oxygen atoms in total. The molecule has 0 amide bonds. The molecule has 0 aliphatic carbocycles. The van der Waals surface area contributed by atoms with Crippen LogP contribution >= 0.6 is 0 Å². The summed E-state index contributed by atoms with van der Waals surface area (Å²) in [5.74, 6) is 0.765. The zero-order valence-electron chi connectivity index (χ0n) is 11.9. The molecule has 0 spiro atoms. The van der Waals surface area contributed by atoms with Crippen LogP contribution < -0.4 is 5.32 Å². The predicted molar refractivity (Wildman–Crippen MR) is 73.0 cm³/mol. The van der Waals surface area contributed by atoms with Crippen LogP contribution in [0.1, 0.15) is 27.2 Å². The predicted octanol–water partition coefficient (Wildman–Crippen LogP) is 1.51. The van der Waals surface area contributed by atoms with Crippen molar-refractivity contribution in [2.24, 2.45) is 5.92 Å². The summed E-state index contributed by atoms with van der Waals surface area (Å²) in [6, 6.07) is 0. The molecule has 0 saturated carbocycles. The van der Waals surface area contributed by atoms with Crippen molar-refractivity contribution in [3.63, 3.8) is 0 Å². The Morgan fingerprint density at radius 2 is 1.56 bits per heavy atom. The highest BCUT2D eigenvalue weighted by Crippen LogP contribution is 1.95. The Labute approximate surface area is 102 Å². The second-order valence-corrected chi connectivity index (χ2v) is 5.21. The topological polar surface area (TPSA) is 18.5 Å². The first kappa shape index (κ1) is 15.9. The van der Waals surface area contributed by atoms with Crippen LogP contribution in [0.2, 0.25) is 0 Å². The Balaban J connectivity index is 3.38. The summed E-state index contributed by atoms with van der Waals surface area (Å²) in [6.45, 7) is 13.7. The summed E-state index contributed by atoms with van der Waals surface area (Å²) >= 11 is 0. The summed E-state index contributed by atoms with van der Waals surface area (Å²) < 4.78 is 0. The van der Waals surface area contributed by atoms with E-state index in [1.807, 2.05) is 0 Å². The molecule has 16 heavy (non-hydrogen) atoms. The third-order valence-electron chi connectivity index (χ3n) is 2.64. The number of hydrogen-bond donors (Lipinski definition) is 1. The van der Waals surface area contributed by atoms with Crippen molar-refractivity contribution >= 4 is 0 Å². The molecule has 0 bridgehead atoms. The first-order valence-corrected chi connectivity index (χ1v) is 6.64. The van der Waals surface area contributed by atoms with E-state index >= 15 is 0 Å². The number of rotatable bonds is 10. The maximum Gasteiger partial charge on any atom is 0.0107 e. The summed E-state index contributed by atoms with van der Waals surface area (Å²) in [7, 11) is 4.42. The van der Waals surface area contributed by atoms with Crippen LogP contribution in [0.3, 0.4) is 0 Å². The van der Waals surface area contributed by atoms with E-state index in [0.29, 0.717) is 0 Å². The minimum Gasteiger partial charge on any atom is -0.315 e. The standard InChI is InChI=1S/C13H31N3/c1-6-7-14-8-9-15(4)10-11-16(5)12-13(2)3/h13-14H,6-12H2,1-5H3. The Bertz CT molecular complexity index is 148. The molecule has 3 heteroatoms. The minimum atomic E-state index is 0.765. The lowest BCUT2D eigenvalue weighted by molar-refractivity contribution is 0.240. The van der Waals surface area contributed by atoms with E-state index in [9.17, 15) is 0 Å². The fourth-order valence-electron chi connectivity index (χ4n) is 1.74. The van der Waals surface area contributed by atoms with Crippen molar-refractivity contribution in [3.05, 3.63) is 0 Å². The van der Waals surface area contributed by atoms with Crippen molar-refractivity contribution in [2.75, 3.05) is 53.4 Å².